The maximum Gasteiger partial charge on any atom is 0.191 e. The molecule has 0 radical (unpaired) electrons. The Morgan fingerprint density at radius 2 is 2.18 bits per heavy atom. The fraction of sp³-hybridized carbons (Fsp3) is 0.636. The molecule has 0 aliphatic carbocycles. The molecule has 1 rings (SSSR count). The largest absolute Gasteiger partial charge is 0.395 e. The van der Waals surface area contributed by atoms with E-state index in [4.69, 9.17) is 5.11 Å². The number of rotatable bonds is 7. The SMILES string of the molecule is CCCN(CCO)c1cc(NC)nc(SC)n1. The van der Waals surface area contributed by atoms with Crippen LogP contribution in [0.2, 0.25) is 0 Å². The lowest BCUT2D eigenvalue weighted by atomic mass is 10.4. The minimum absolute atomic E-state index is 0.132. The molecule has 5 nitrogen and oxygen atoms in total. The van der Waals surface area contributed by atoms with Crippen molar-refractivity contribution in [3.05, 3.63) is 6.07 Å². The Bertz CT molecular complexity index is 320. The van der Waals surface area contributed by atoms with Crippen LogP contribution in [0, 0.1) is 0 Å². The summed E-state index contributed by atoms with van der Waals surface area (Å²) < 4.78 is 0. The average molecular weight is 256 g/mol. The summed E-state index contributed by atoms with van der Waals surface area (Å²) in [6.07, 6.45) is 2.97. The molecule has 96 valence electrons. The zero-order valence-electron chi connectivity index (χ0n) is 10.6. The number of aliphatic hydroxyl groups excluding tert-OH is 1. The van der Waals surface area contributed by atoms with E-state index in [-0.39, 0.29) is 6.61 Å². The number of nitrogens with zero attached hydrogens (tertiary/aromatic N) is 3. The monoisotopic (exact) mass is 256 g/mol. The van der Waals surface area contributed by atoms with Crippen molar-refractivity contribution in [3.8, 4) is 0 Å². The van der Waals surface area contributed by atoms with Crippen LogP contribution in [0.15, 0.2) is 11.2 Å². The molecular weight excluding hydrogens is 236 g/mol. The molecule has 0 spiro atoms. The number of nitrogens with one attached hydrogen (secondary N) is 1. The summed E-state index contributed by atoms with van der Waals surface area (Å²) in [5.41, 5.74) is 0. The summed E-state index contributed by atoms with van der Waals surface area (Å²) in [6, 6.07) is 1.91. The lowest BCUT2D eigenvalue weighted by molar-refractivity contribution is 0.301. The maximum absolute atomic E-state index is 9.07. The van der Waals surface area contributed by atoms with Crippen LogP contribution in [0.25, 0.3) is 0 Å². The summed E-state index contributed by atoms with van der Waals surface area (Å²) in [5, 5.41) is 12.8. The van der Waals surface area contributed by atoms with Gasteiger partial charge in [0.05, 0.1) is 6.61 Å². The normalized spacial score (nSPS) is 10.4. The molecule has 1 heterocycles. The van der Waals surface area contributed by atoms with Gasteiger partial charge in [0.25, 0.3) is 0 Å². The summed E-state index contributed by atoms with van der Waals surface area (Å²) in [6.45, 7) is 3.73. The lowest BCUT2D eigenvalue weighted by Gasteiger charge is -2.22. The van der Waals surface area contributed by atoms with E-state index < -0.39 is 0 Å². The molecule has 0 saturated carbocycles. The number of thioether (sulfide) groups is 1. The van der Waals surface area contributed by atoms with E-state index in [1.54, 1.807) is 0 Å². The summed E-state index contributed by atoms with van der Waals surface area (Å²) >= 11 is 1.51. The molecule has 0 unspecified atom stereocenters. The van der Waals surface area contributed by atoms with Crippen molar-refractivity contribution in [1.29, 1.82) is 0 Å². The van der Waals surface area contributed by atoms with E-state index in [0.29, 0.717) is 6.54 Å². The summed E-state index contributed by atoms with van der Waals surface area (Å²) in [7, 11) is 1.84. The molecule has 0 aliphatic heterocycles. The number of aromatic nitrogens is 2. The highest BCUT2D eigenvalue weighted by atomic mass is 32.2. The van der Waals surface area contributed by atoms with E-state index >= 15 is 0 Å². The molecule has 0 saturated heterocycles. The van der Waals surface area contributed by atoms with Gasteiger partial charge in [-0.05, 0) is 12.7 Å². The van der Waals surface area contributed by atoms with Crippen molar-refractivity contribution < 1.29 is 5.11 Å². The van der Waals surface area contributed by atoms with E-state index in [2.05, 4.69) is 27.1 Å². The Morgan fingerprint density at radius 3 is 2.71 bits per heavy atom. The quantitative estimate of drug-likeness (QED) is 0.569. The fourth-order valence-electron chi connectivity index (χ4n) is 1.53. The van der Waals surface area contributed by atoms with Gasteiger partial charge in [-0.25, -0.2) is 9.97 Å². The van der Waals surface area contributed by atoms with Gasteiger partial charge in [-0.2, -0.15) is 0 Å². The van der Waals surface area contributed by atoms with Gasteiger partial charge in [0, 0.05) is 26.2 Å². The first-order valence-electron chi connectivity index (χ1n) is 5.71. The second kappa shape index (κ2) is 7.34. The predicted octanol–water partition coefficient (Wildman–Crippen LogP) is 1.45. The zero-order valence-corrected chi connectivity index (χ0v) is 11.4. The van der Waals surface area contributed by atoms with E-state index in [9.17, 15) is 0 Å². The number of hydrogen-bond acceptors (Lipinski definition) is 6. The van der Waals surface area contributed by atoms with Gasteiger partial charge in [0.1, 0.15) is 11.6 Å². The highest BCUT2D eigenvalue weighted by Gasteiger charge is 2.10. The van der Waals surface area contributed by atoms with Gasteiger partial charge >= 0.3 is 0 Å². The van der Waals surface area contributed by atoms with Crippen LogP contribution in [-0.2, 0) is 0 Å². The molecule has 0 atom stereocenters. The Balaban J connectivity index is 2.99. The molecule has 0 aliphatic rings. The number of aliphatic hydroxyl groups is 1. The highest BCUT2D eigenvalue weighted by Crippen LogP contribution is 2.20. The second-order valence-corrected chi connectivity index (χ2v) is 4.33. The third kappa shape index (κ3) is 4.05. The van der Waals surface area contributed by atoms with Gasteiger partial charge in [-0.3, -0.25) is 0 Å². The average Bonchev–Trinajstić information content (AvgIpc) is 2.37. The van der Waals surface area contributed by atoms with Crippen molar-refractivity contribution in [1.82, 2.24) is 9.97 Å². The molecule has 17 heavy (non-hydrogen) atoms. The topological polar surface area (TPSA) is 61.3 Å². The van der Waals surface area contributed by atoms with Crippen LogP contribution < -0.4 is 10.2 Å². The van der Waals surface area contributed by atoms with Gasteiger partial charge in [0.2, 0.25) is 0 Å². The Labute approximate surface area is 107 Å². The van der Waals surface area contributed by atoms with E-state index in [1.807, 2.05) is 19.4 Å². The summed E-state index contributed by atoms with van der Waals surface area (Å²) in [4.78, 5) is 10.9. The van der Waals surface area contributed by atoms with Crippen LogP contribution in [0.3, 0.4) is 0 Å². The van der Waals surface area contributed by atoms with Crippen molar-refractivity contribution in [2.45, 2.75) is 18.5 Å². The van der Waals surface area contributed by atoms with Crippen LogP contribution in [-0.4, -0.2) is 48.1 Å². The lowest BCUT2D eigenvalue weighted by Crippen LogP contribution is -2.28. The van der Waals surface area contributed by atoms with E-state index in [0.717, 1.165) is 29.8 Å². The van der Waals surface area contributed by atoms with Crippen molar-refractivity contribution in [3.63, 3.8) is 0 Å². The van der Waals surface area contributed by atoms with Crippen molar-refractivity contribution in [2.75, 3.05) is 43.2 Å². The molecule has 1 aromatic rings. The van der Waals surface area contributed by atoms with E-state index in [1.165, 1.54) is 11.8 Å². The minimum atomic E-state index is 0.132. The Hall–Kier alpha value is -1.01. The van der Waals surface area contributed by atoms with Crippen molar-refractivity contribution in [2.24, 2.45) is 0 Å². The zero-order chi connectivity index (χ0) is 12.7. The second-order valence-electron chi connectivity index (χ2n) is 3.56. The predicted molar refractivity (Wildman–Crippen MR) is 72.9 cm³/mol. The maximum atomic E-state index is 9.07. The first-order valence-corrected chi connectivity index (χ1v) is 6.94. The molecule has 0 amide bonds. The van der Waals surface area contributed by atoms with Gasteiger partial charge in [-0.15, -0.1) is 0 Å². The van der Waals surface area contributed by atoms with Crippen molar-refractivity contribution >= 4 is 23.4 Å². The molecule has 2 N–H and O–H groups in total. The number of anilines is 2. The fourth-order valence-corrected chi connectivity index (χ4v) is 1.90. The van der Waals surface area contributed by atoms with Gasteiger partial charge in [-0.1, -0.05) is 18.7 Å². The Morgan fingerprint density at radius 1 is 1.41 bits per heavy atom. The standard InChI is InChI=1S/C11H20N4OS/c1-4-5-15(6-7-16)10-8-9(12-2)13-11(14-10)17-3/h8,16H,4-7H2,1-3H3,(H,12,13,14). The molecule has 0 bridgehead atoms. The smallest absolute Gasteiger partial charge is 0.191 e. The third-order valence-corrected chi connectivity index (χ3v) is 2.87. The van der Waals surface area contributed by atoms with Gasteiger partial charge < -0.3 is 15.3 Å². The summed E-state index contributed by atoms with van der Waals surface area (Å²) in [5.74, 6) is 1.67. The van der Waals surface area contributed by atoms with Crippen LogP contribution in [0.1, 0.15) is 13.3 Å². The Kier molecular flexibility index (Phi) is 6.07. The highest BCUT2D eigenvalue weighted by molar-refractivity contribution is 7.98. The molecular formula is C11H20N4OS. The molecule has 0 aromatic carbocycles. The van der Waals surface area contributed by atoms with Crippen LogP contribution in [0.4, 0.5) is 11.6 Å². The van der Waals surface area contributed by atoms with Gasteiger partial charge in [0.15, 0.2) is 5.16 Å². The first kappa shape index (κ1) is 14.1. The first-order chi connectivity index (χ1) is 8.24. The molecule has 6 heteroatoms. The molecule has 1 aromatic heterocycles. The third-order valence-electron chi connectivity index (χ3n) is 2.32. The van der Waals surface area contributed by atoms with Crippen LogP contribution >= 0.6 is 11.8 Å². The minimum Gasteiger partial charge on any atom is -0.395 e. The van der Waals surface area contributed by atoms with Crippen LogP contribution in [0.5, 0.6) is 0 Å². The molecule has 0 fully saturated rings. The number of hydrogen-bond donors (Lipinski definition) is 2.